The molecule has 0 spiro atoms. The van der Waals surface area contributed by atoms with Gasteiger partial charge < -0.3 is 19.6 Å². The van der Waals surface area contributed by atoms with Gasteiger partial charge in [-0.1, -0.05) is 48.1 Å². The van der Waals surface area contributed by atoms with E-state index in [9.17, 15) is 9.90 Å². The maximum atomic E-state index is 13.8. The van der Waals surface area contributed by atoms with Gasteiger partial charge in [-0.2, -0.15) is 0 Å². The summed E-state index contributed by atoms with van der Waals surface area (Å²) in [6.07, 6.45) is 1.79. The van der Waals surface area contributed by atoms with Gasteiger partial charge in [0.15, 0.2) is 0 Å². The number of likely N-dealkylation sites (N-methyl/N-ethyl adjacent to an activating group) is 1. The molecule has 35 heavy (non-hydrogen) atoms. The zero-order chi connectivity index (χ0) is 25.0. The van der Waals surface area contributed by atoms with Crippen LogP contribution in [0.2, 0.25) is 0 Å². The van der Waals surface area contributed by atoms with Crippen LogP contribution in [-0.4, -0.2) is 78.1 Å². The lowest BCUT2D eigenvalue weighted by Crippen LogP contribution is -2.57. The highest BCUT2D eigenvalue weighted by molar-refractivity contribution is 5.80. The van der Waals surface area contributed by atoms with E-state index in [1.165, 1.54) is 5.56 Å². The zero-order valence-corrected chi connectivity index (χ0v) is 20.8. The van der Waals surface area contributed by atoms with Crippen LogP contribution < -0.4 is 10.4 Å². The Balaban J connectivity index is 1.68. The Labute approximate surface area is 208 Å². The standard InChI is InChI=1S/C27H39N3O5/c1-3-34-24-14-12-21(13-15-24)10-7-11-25(26(31)20-35-28-33)27(32)30-17-16-29(2)19-23(30)18-22-8-5-4-6-9-22/h4-6,8-9,12-15,23,25-26,28,31,33H,3,7,10-11,16-20H2,1-2H3/t23-,25+,26+/m0/s1. The summed E-state index contributed by atoms with van der Waals surface area (Å²) < 4.78 is 5.50. The summed E-state index contributed by atoms with van der Waals surface area (Å²) in [5.41, 5.74) is 3.96. The van der Waals surface area contributed by atoms with Crippen molar-refractivity contribution in [1.82, 2.24) is 15.4 Å². The maximum absolute atomic E-state index is 13.8. The number of ether oxygens (including phenoxy) is 1. The number of benzene rings is 2. The SMILES string of the molecule is CCOc1ccc(CCC[C@@H](C(=O)N2CCN(C)C[C@@H]2Cc2ccccc2)[C@H](O)CONO)cc1. The number of carbonyl (C=O) groups is 1. The molecule has 0 saturated carbocycles. The van der Waals surface area contributed by atoms with Gasteiger partial charge in [-0.05, 0) is 62.9 Å². The molecular weight excluding hydrogens is 446 g/mol. The number of aliphatic hydroxyl groups is 1. The van der Waals surface area contributed by atoms with Crippen molar-refractivity contribution in [2.45, 2.75) is 44.8 Å². The lowest BCUT2D eigenvalue weighted by atomic mass is 9.91. The van der Waals surface area contributed by atoms with Crippen LogP contribution >= 0.6 is 0 Å². The van der Waals surface area contributed by atoms with Crippen molar-refractivity contribution < 1.29 is 24.7 Å². The molecule has 192 valence electrons. The summed E-state index contributed by atoms with van der Waals surface area (Å²) >= 11 is 0. The highest BCUT2D eigenvalue weighted by Crippen LogP contribution is 2.23. The van der Waals surface area contributed by atoms with E-state index in [-0.39, 0.29) is 18.6 Å². The van der Waals surface area contributed by atoms with Gasteiger partial charge in [0.2, 0.25) is 5.91 Å². The predicted molar refractivity (Wildman–Crippen MR) is 134 cm³/mol. The Morgan fingerprint density at radius 1 is 1.11 bits per heavy atom. The normalized spacial score (nSPS) is 18.3. The van der Waals surface area contributed by atoms with Gasteiger partial charge in [0, 0.05) is 25.7 Å². The van der Waals surface area contributed by atoms with E-state index in [1.54, 1.807) is 5.64 Å². The van der Waals surface area contributed by atoms with Gasteiger partial charge in [0.25, 0.3) is 0 Å². The van der Waals surface area contributed by atoms with Gasteiger partial charge in [-0.3, -0.25) is 14.8 Å². The highest BCUT2D eigenvalue weighted by atomic mass is 16.8. The van der Waals surface area contributed by atoms with Crippen LogP contribution in [0.25, 0.3) is 0 Å². The molecule has 3 atom stereocenters. The molecule has 1 fully saturated rings. The number of nitrogens with zero attached hydrogens (tertiary/aromatic N) is 2. The molecule has 0 unspecified atom stereocenters. The van der Waals surface area contributed by atoms with Crippen molar-refractivity contribution >= 4 is 5.91 Å². The van der Waals surface area contributed by atoms with Crippen molar-refractivity contribution in [3.63, 3.8) is 0 Å². The first-order valence-corrected chi connectivity index (χ1v) is 12.5. The maximum Gasteiger partial charge on any atom is 0.228 e. The van der Waals surface area contributed by atoms with Crippen molar-refractivity contribution in [1.29, 1.82) is 0 Å². The van der Waals surface area contributed by atoms with Gasteiger partial charge in [-0.25, -0.2) is 0 Å². The van der Waals surface area contributed by atoms with Crippen LogP contribution in [0.15, 0.2) is 54.6 Å². The number of hydrogen-bond acceptors (Lipinski definition) is 7. The first kappa shape index (κ1) is 27.1. The third kappa shape index (κ3) is 8.30. The monoisotopic (exact) mass is 485 g/mol. The van der Waals surface area contributed by atoms with Crippen molar-refractivity contribution in [3.8, 4) is 5.75 Å². The number of rotatable bonds is 13. The van der Waals surface area contributed by atoms with Crippen LogP contribution in [0.3, 0.4) is 0 Å². The minimum atomic E-state index is -1.03. The van der Waals surface area contributed by atoms with Crippen molar-refractivity contribution in [2.75, 3.05) is 39.9 Å². The third-order valence-corrected chi connectivity index (χ3v) is 6.60. The summed E-state index contributed by atoms with van der Waals surface area (Å²) in [5, 5.41) is 19.6. The molecule has 1 heterocycles. The van der Waals surface area contributed by atoms with E-state index in [1.807, 2.05) is 54.3 Å². The average Bonchev–Trinajstić information content (AvgIpc) is 2.87. The minimum Gasteiger partial charge on any atom is -0.494 e. The quantitative estimate of drug-likeness (QED) is 0.376. The van der Waals surface area contributed by atoms with Gasteiger partial charge in [0.05, 0.1) is 25.2 Å². The fourth-order valence-electron chi connectivity index (χ4n) is 4.74. The summed E-state index contributed by atoms with van der Waals surface area (Å²) in [5.74, 6) is 0.167. The molecule has 0 radical (unpaired) electrons. The van der Waals surface area contributed by atoms with Crippen molar-refractivity contribution in [2.24, 2.45) is 5.92 Å². The molecule has 0 aliphatic carbocycles. The number of carbonyl (C=O) groups excluding carboxylic acids is 1. The first-order chi connectivity index (χ1) is 17.0. The molecule has 2 aromatic rings. The second-order valence-corrected chi connectivity index (χ2v) is 9.18. The summed E-state index contributed by atoms with van der Waals surface area (Å²) in [6, 6.07) is 18.2. The molecule has 3 N–H and O–H groups in total. The highest BCUT2D eigenvalue weighted by Gasteiger charge is 2.36. The van der Waals surface area contributed by atoms with Crippen molar-refractivity contribution in [3.05, 3.63) is 65.7 Å². The Morgan fingerprint density at radius 3 is 2.54 bits per heavy atom. The number of aliphatic hydroxyl groups excluding tert-OH is 1. The molecule has 8 nitrogen and oxygen atoms in total. The second kappa shape index (κ2) is 14.2. The van der Waals surface area contributed by atoms with Crippen LogP contribution in [0.1, 0.15) is 30.9 Å². The lowest BCUT2D eigenvalue weighted by Gasteiger charge is -2.42. The molecular formula is C27H39N3O5. The summed E-state index contributed by atoms with van der Waals surface area (Å²) in [7, 11) is 2.07. The van der Waals surface area contributed by atoms with Gasteiger partial charge >= 0.3 is 0 Å². The molecule has 1 saturated heterocycles. The largest absolute Gasteiger partial charge is 0.494 e. The fraction of sp³-hybridized carbons (Fsp3) is 0.519. The summed E-state index contributed by atoms with van der Waals surface area (Å²) in [4.78, 5) is 22.8. The second-order valence-electron chi connectivity index (χ2n) is 9.18. The van der Waals surface area contributed by atoms with Crippen LogP contribution in [0, 0.1) is 5.92 Å². The first-order valence-electron chi connectivity index (χ1n) is 12.5. The molecule has 1 aliphatic heterocycles. The van der Waals surface area contributed by atoms with E-state index in [2.05, 4.69) is 24.1 Å². The Kier molecular flexibility index (Phi) is 11.0. The number of hydrogen-bond donors (Lipinski definition) is 3. The van der Waals surface area contributed by atoms with Crippen LogP contribution in [0.5, 0.6) is 5.75 Å². The molecule has 1 aliphatic rings. The number of nitrogens with one attached hydrogen (secondary N) is 1. The van der Waals surface area contributed by atoms with Gasteiger partial charge in [-0.15, -0.1) is 0 Å². The van der Waals surface area contributed by atoms with Crippen LogP contribution in [0.4, 0.5) is 0 Å². The predicted octanol–water partition coefficient (Wildman–Crippen LogP) is 2.68. The summed E-state index contributed by atoms with van der Waals surface area (Å²) in [6.45, 7) is 4.60. The Hall–Kier alpha value is -2.49. The molecule has 0 aromatic heterocycles. The molecule has 2 aromatic carbocycles. The molecule has 1 amide bonds. The number of piperazine rings is 1. The number of amides is 1. The van der Waals surface area contributed by atoms with E-state index in [4.69, 9.17) is 14.8 Å². The Bertz CT molecular complexity index is 880. The zero-order valence-electron chi connectivity index (χ0n) is 20.8. The molecule has 0 bridgehead atoms. The van der Waals surface area contributed by atoms with E-state index in [0.29, 0.717) is 19.6 Å². The average molecular weight is 486 g/mol. The van der Waals surface area contributed by atoms with E-state index < -0.39 is 12.0 Å². The smallest absolute Gasteiger partial charge is 0.228 e. The Morgan fingerprint density at radius 2 is 1.86 bits per heavy atom. The molecule has 8 heteroatoms. The lowest BCUT2D eigenvalue weighted by molar-refractivity contribution is -0.164. The third-order valence-electron chi connectivity index (χ3n) is 6.60. The number of aryl methyl sites for hydroxylation is 1. The minimum absolute atomic E-state index is 0.0290. The van der Waals surface area contributed by atoms with E-state index in [0.717, 1.165) is 43.7 Å². The van der Waals surface area contributed by atoms with Crippen LogP contribution in [-0.2, 0) is 22.5 Å². The fourth-order valence-corrected chi connectivity index (χ4v) is 4.74. The molecule has 3 rings (SSSR count). The topological polar surface area (TPSA) is 94.5 Å². The van der Waals surface area contributed by atoms with E-state index >= 15 is 0 Å². The van der Waals surface area contributed by atoms with Gasteiger partial charge in [0.1, 0.15) is 5.75 Å².